The molecule has 0 atom stereocenters. The molecule has 0 aliphatic carbocycles. The van der Waals surface area contributed by atoms with Crippen molar-refractivity contribution in [2.45, 2.75) is 20.3 Å². The standard InChI is InChI=1S/C28H29NO4/c1-4-32-26-17-27-24(16-23(26)19(2)15-28(30)29-13-8-14-31-3)25(18-33-27)22-12-7-10-20-9-5-6-11-21(20)22/h5-7,9-12,15-18H,4,8,13-14H2,1-3H3,(H,29,30)/b19-15+. The number of carbonyl (C=O) groups is 1. The summed E-state index contributed by atoms with van der Waals surface area (Å²) < 4.78 is 16.9. The normalized spacial score (nSPS) is 11.8. The Labute approximate surface area is 194 Å². The molecule has 5 nitrogen and oxygen atoms in total. The Morgan fingerprint density at radius 1 is 1.06 bits per heavy atom. The number of carbonyl (C=O) groups excluding carboxylic acids is 1. The molecule has 0 aliphatic rings. The number of fused-ring (bicyclic) bond motifs is 2. The minimum atomic E-state index is -0.132. The van der Waals surface area contributed by atoms with Crippen LogP contribution in [0.4, 0.5) is 0 Å². The Morgan fingerprint density at radius 2 is 1.88 bits per heavy atom. The van der Waals surface area contributed by atoms with Crippen LogP contribution in [0.15, 0.2) is 71.4 Å². The van der Waals surface area contributed by atoms with Crippen LogP contribution in [0.3, 0.4) is 0 Å². The van der Waals surface area contributed by atoms with Gasteiger partial charge in [0.15, 0.2) is 0 Å². The monoisotopic (exact) mass is 443 g/mol. The van der Waals surface area contributed by atoms with E-state index in [0.717, 1.165) is 39.7 Å². The van der Waals surface area contributed by atoms with E-state index in [1.165, 1.54) is 10.8 Å². The van der Waals surface area contributed by atoms with E-state index in [2.05, 4.69) is 41.7 Å². The van der Waals surface area contributed by atoms with Crippen LogP contribution in [0.1, 0.15) is 25.8 Å². The first kappa shape index (κ1) is 22.6. The molecule has 1 heterocycles. The number of nitrogens with one attached hydrogen (secondary N) is 1. The Bertz CT molecular complexity index is 1300. The highest BCUT2D eigenvalue weighted by molar-refractivity contribution is 6.06. The summed E-state index contributed by atoms with van der Waals surface area (Å²) in [5, 5.41) is 6.23. The summed E-state index contributed by atoms with van der Waals surface area (Å²) >= 11 is 0. The number of furan rings is 1. The molecule has 1 amide bonds. The highest BCUT2D eigenvalue weighted by atomic mass is 16.5. The van der Waals surface area contributed by atoms with Gasteiger partial charge in [-0.05, 0) is 48.2 Å². The van der Waals surface area contributed by atoms with Crippen LogP contribution < -0.4 is 10.1 Å². The second-order valence-electron chi connectivity index (χ2n) is 7.92. The number of hydrogen-bond donors (Lipinski definition) is 1. The summed E-state index contributed by atoms with van der Waals surface area (Å²) in [6.07, 6.45) is 4.19. The summed E-state index contributed by atoms with van der Waals surface area (Å²) in [5.41, 5.74) is 4.58. The van der Waals surface area contributed by atoms with E-state index >= 15 is 0 Å². The van der Waals surface area contributed by atoms with Gasteiger partial charge in [0.25, 0.3) is 0 Å². The van der Waals surface area contributed by atoms with Gasteiger partial charge in [0.1, 0.15) is 11.3 Å². The number of hydrogen-bond acceptors (Lipinski definition) is 4. The van der Waals surface area contributed by atoms with Crippen LogP contribution in [-0.2, 0) is 9.53 Å². The fraction of sp³-hybridized carbons (Fsp3) is 0.250. The average molecular weight is 444 g/mol. The zero-order valence-electron chi connectivity index (χ0n) is 19.3. The predicted octanol–water partition coefficient (Wildman–Crippen LogP) is 6.21. The maximum atomic E-state index is 12.4. The van der Waals surface area contributed by atoms with Crippen LogP contribution in [0.2, 0.25) is 0 Å². The predicted molar refractivity (Wildman–Crippen MR) is 133 cm³/mol. The van der Waals surface area contributed by atoms with Gasteiger partial charge in [-0.15, -0.1) is 0 Å². The van der Waals surface area contributed by atoms with Crippen LogP contribution in [0.25, 0.3) is 38.4 Å². The first-order valence-corrected chi connectivity index (χ1v) is 11.2. The second kappa shape index (κ2) is 10.4. The minimum absolute atomic E-state index is 0.132. The third-order valence-electron chi connectivity index (χ3n) is 5.65. The summed E-state index contributed by atoms with van der Waals surface area (Å²) in [5.74, 6) is 0.567. The molecule has 0 saturated carbocycles. The van der Waals surface area contributed by atoms with Crippen LogP contribution in [-0.4, -0.2) is 32.8 Å². The van der Waals surface area contributed by atoms with Gasteiger partial charge in [-0.2, -0.15) is 0 Å². The Morgan fingerprint density at radius 3 is 2.70 bits per heavy atom. The molecule has 170 valence electrons. The lowest BCUT2D eigenvalue weighted by atomic mass is 9.96. The molecule has 0 aliphatic heterocycles. The third-order valence-corrected chi connectivity index (χ3v) is 5.65. The van der Waals surface area contributed by atoms with Crippen molar-refractivity contribution >= 4 is 33.2 Å². The molecule has 0 saturated heterocycles. The molecule has 33 heavy (non-hydrogen) atoms. The lowest BCUT2D eigenvalue weighted by Gasteiger charge is -2.12. The molecular formula is C28H29NO4. The van der Waals surface area contributed by atoms with Gasteiger partial charge < -0.3 is 19.2 Å². The van der Waals surface area contributed by atoms with E-state index < -0.39 is 0 Å². The molecule has 3 aromatic carbocycles. The van der Waals surface area contributed by atoms with Crippen molar-refractivity contribution in [3.8, 4) is 16.9 Å². The molecule has 0 bridgehead atoms. The van der Waals surface area contributed by atoms with E-state index in [1.807, 2.05) is 32.0 Å². The molecule has 4 aromatic rings. The quantitative estimate of drug-likeness (QED) is 0.247. The highest BCUT2D eigenvalue weighted by Crippen LogP contribution is 2.39. The van der Waals surface area contributed by atoms with E-state index in [4.69, 9.17) is 13.9 Å². The smallest absolute Gasteiger partial charge is 0.244 e. The lowest BCUT2D eigenvalue weighted by Crippen LogP contribution is -2.23. The fourth-order valence-electron chi connectivity index (χ4n) is 4.06. The summed E-state index contributed by atoms with van der Waals surface area (Å²) in [4.78, 5) is 12.4. The number of methoxy groups -OCH3 is 1. The maximum absolute atomic E-state index is 12.4. The Kier molecular flexibility index (Phi) is 7.10. The number of allylic oxidation sites excluding steroid dienone is 1. The lowest BCUT2D eigenvalue weighted by molar-refractivity contribution is -0.116. The van der Waals surface area contributed by atoms with Crippen LogP contribution >= 0.6 is 0 Å². The van der Waals surface area contributed by atoms with Gasteiger partial charge in [-0.1, -0.05) is 42.5 Å². The van der Waals surface area contributed by atoms with E-state index in [9.17, 15) is 4.79 Å². The van der Waals surface area contributed by atoms with Crippen molar-refractivity contribution in [1.29, 1.82) is 0 Å². The summed E-state index contributed by atoms with van der Waals surface area (Å²) in [6, 6.07) is 18.6. The number of rotatable bonds is 9. The number of benzene rings is 3. The molecular weight excluding hydrogens is 414 g/mol. The third kappa shape index (κ3) is 4.94. The molecule has 4 rings (SSSR count). The summed E-state index contributed by atoms with van der Waals surface area (Å²) in [6.45, 7) is 5.58. The maximum Gasteiger partial charge on any atom is 0.244 e. The van der Waals surface area contributed by atoms with E-state index in [0.29, 0.717) is 25.5 Å². The number of amides is 1. The molecule has 0 fully saturated rings. The van der Waals surface area contributed by atoms with E-state index in [1.54, 1.807) is 19.4 Å². The van der Waals surface area contributed by atoms with E-state index in [-0.39, 0.29) is 5.91 Å². The zero-order valence-corrected chi connectivity index (χ0v) is 19.3. The molecule has 1 N–H and O–H groups in total. The molecule has 5 heteroatoms. The van der Waals surface area contributed by atoms with Gasteiger partial charge in [-0.3, -0.25) is 4.79 Å². The molecule has 0 spiro atoms. The van der Waals surface area contributed by atoms with Crippen LogP contribution in [0, 0.1) is 0 Å². The summed E-state index contributed by atoms with van der Waals surface area (Å²) in [7, 11) is 1.65. The minimum Gasteiger partial charge on any atom is -0.493 e. The van der Waals surface area contributed by atoms with Crippen molar-refractivity contribution < 1.29 is 18.7 Å². The highest BCUT2D eigenvalue weighted by Gasteiger charge is 2.16. The first-order chi connectivity index (χ1) is 16.1. The van der Waals surface area contributed by atoms with Crippen molar-refractivity contribution in [3.63, 3.8) is 0 Å². The van der Waals surface area contributed by atoms with Crippen molar-refractivity contribution in [3.05, 3.63) is 72.5 Å². The van der Waals surface area contributed by atoms with Gasteiger partial charge in [0.05, 0.1) is 12.9 Å². The molecule has 1 aromatic heterocycles. The second-order valence-corrected chi connectivity index (χ2v) is 7.92. The fourth-order valence-corrected chi connectivity index (χ4v) is 4.06. The van der Waals surface area contributed by atoms with Gasteiger partial charge in [-0.25, -0.2) is 0 Å². The van der Waals surface area contributed by atoms with Crippen molar-refractivity contribution in [1.82, 2.24) is 5.32 Å². The first-order valence-electron chi connectivity index (χ1n) is 11.2. The zero-order chi connectivity index (χ0) is 23.2. The molecule has 0 radical (unpaired) electrons. The number of ether oxygens (including phenoxy) is 2. The topological polar surface area (TPSA) is 60.7 Å². The SMILES string of the molecule is CCOc1cc2occ(-c3cccc4ccccc34)c2cc1/C(C)=C/C(=O)NCCCOC. The van der Waals surface area contributed by atoms with Gasteiger partial charge in [0.2, 0.25) is 5.91 Å². The Hall–Kier alpha value is -3.57. The largest absolute Gasteiger partial charge is 0.493 e. The molecule has 0 unspecified atom stereocenters. The average Bonchev–Trinajstić information content (AvgIpc) is 3.24. The van der Waals surface area contributed by atoms with Gasteiger partial charge >= 0.3 is 0 Å². The van der Waals surface area contributed by atoms with Gasteiger partial charge in [0, 0.05) is 48.9 Å². The van der Waals surface area contributed by atoms with Crippen molar-refractivity contribution in [2.24, 2.45) is 0 Å². The van der Waals surface area contributed by atoms with Crippen LogP contribution in [0.5, 0.6) is 5.75 Å². The Balaban J connectivity index is 1.76. The van der Waals surface area contributed by atoms with Crippen molar-refractivity contribution in [2.75, 3.05) is 26.9 Å².